The first-order valence-electron chi connectivity index (χ1n) is 6.61. The zero-order valence-electron chi connectivity index (χ0n) is 11.0. The summed E-state index contributed by atoms with van der Waals surface area (Å²) in [6, 6.07) is 4.15. The first kappa shape index (κ1) is 12.2. The zero-order valence-corrected chi connectivity index (χ0v) is 11.8. The number of hydrogen-bond donors (Lipinski definition) is 1. The lowest BCUT2D eigenvalue weighted by Crippen LogP contribution is -2.47. The Morgan fingerprint density at radius 1 is 1.28 bits per heavy atom. The van der Waals surface area contributed by atoms with Crippen LogP contribution in [0.5, 0.6) is 0 Å². The summed E-state index contributed by atoms with van der Waals surface area (Å²) < 4.78 is 0. The molecule has 4 nitrogen and oxygen atoms in total. The third kappa shape index (κ3) is 2.34. The monoisotopic (exact) mass is 264 g/mol. The number of aromatic nitrogens is 2. The summed E-state index contributed by atoms with van der Waals surface area (Å²) in [7, 11) is 2.17. The summed E-state index contributed by atoms with van der Waals surface area (Å²) in [5.41, 5.74) is 0. The molecule has 0 spiro atoms. The molecule has 98 valence electrons. The van der Waals surface area contributed by atoms with Crippen LogP contribution in [-0.2, 0) is 0 Å². The summed E-state index contributed by atoms with van der Waals surface area (Å²) >= 11 is 1.67. The highest BCUT2D eigenvalue weighted by atomic mass is 32.2. The van der Waals surface area contributed by atoms with Crippen molar-refractivity contribution in [1.29, 1.82) is 0 Å². The van der Waals surface area contributed by atoms with Gasteiger partial charge in [-0.3, -0.25) is 0 Å². The average molecular weight is 264 g/mol. The Balaban J connectivity index is 1.75. The number of fused-ring (bicyclic) bond motifs is 2. The molecule has 1 aromatic rings. The number of thioether (sulfide) groups is 1. The van der Waals surface area contributed by atoms with Gasteiger partial charge in [-0.1, -0.05) is 0 Å². The Morgan fingerprint density at radius 3 is 2.67 bits per heavy atom. The van der Waals surface area contributed by atoms with Gasteiger partial charge in [0, 0.05) is 31.2 Å². The van der Waals surface area contributed by atoms with E-state index in [1.165, 1.54) is 25.7 Å². The Hall–Kier alpha value is -0.810. The molecule has 2 fully saturated rings. The standard InChI is InChI=1S/C13H20N4S/c1-17(12-7-13(18-2)15-8-14-12)11-5-9-3-4-10(6-11)16-9/h7-11,16H,3-6H2,1-2H3. The van der Waals surface area contributed by atoms with E-state index in [2.05, 4.69) is 39.6 Å². The minimum atomic E-state index is 0.619. The van der Waals surface area contributed by atoms with E-state index >= 15 is 0 Å². The van der Waals surface area contributed by atoms with Crippen LogP contribution in [0.15, 0.2) is 17.4 Å². The maximum absolute atomic E-state index is 4.41. The first-order chi connectivity index (χ1) is 8.76. The second-order valence-electron chi connectivity index (χ2n) is 5.29. The first-order valence-corrected chi connectivity index (χ1v) is 7.83. The molecule has 2 saturated heterocycles. The van der Waals surface area contributed by atoms with Gasteiger partial charge in [-0.2, -0.15) is 0 Å². The van der Waals surface area contributed by atoms with Crippen LogP contribution in [0.2, 0.25) is 0 Å². The number of nitrogens with zero attached hydrogens (tertiary/aromatic N) is 3. The molecule has 1 N–H and O–H groups in total. The van der Waals surface area contributed by atoms with E-state index in [-0.39, 0.29) is 0 Å². The second-order valence-corrected chi connectivity index (χ2v) is 6.12. The predicted octanol–water partition coefficient (Wildman–Crippen LogP) is 1.92. The van der Waals surface area contributed by atoms with Crippen LogP contribution in [0.4, 0.5) is 5.82 Å². The minimum Gasteiger partial charge on any atom is -0.356 e. The van der Waals surface area contributed by atoms with Gasteiger partial charge in [-0.05, 0) is 31.9 Å². The van der Waals surface area contributed by atoms with E-state index < -0.39 is 0 Å². The molecule has 0 radical (unpaired) electrons. The zero-order chi connectivity index (χ0) is 12.5. The SMILES string of the molecule is CSc1cc(N(C)C2CC3CCC(C2)N3)ncn1. The lowest BCUT2D eigenvalue weighted by Gasteiger charge is -2.36. The van der Waals surface area contributed by atoms with Gasteiger partial charge in [0.25, 0.3) is 0 Å². The van der Waals surface area contributed by atoms with Crippen LogP contribution in [-0.4, -0.2) is 41.4 Å². The lowest BCUT2D eigenvalue weighted by atomic mass is 9.98. The average Bonchev–Trinajstić information content (AvgIpc) is 2.76. The molecule has 1 aromatic heterocycles. The molecule has 5 heteroatoms. The number of anilines is 1. The lowest BCUT2D eigenvalue weighted by molar-refractivity contribution is 0.353. The van der Waals surface area contributed by atoms with Crippen molar-refractivity contribution in [3.8, 4) is 0 Å². The van der Waals surface area contributed by atoms with Gasteiger partial charge in [0.2, 0.25) is 0 Å². The Kier molecular flexibility index (Phi) is 3.43. The number of nitrogens with one attached hydrogen (secondary N) is 1. The highest BCUT2D eigenvalue weighted by Gasteiger charge is 2.35. The van der Waals surface area contributed by atoms with Crippen molar-refractivity contribution in [2.24, 2.45) is 0 Å². The molecule has 0 amide bonds. The Labute approximate surface area is 113 Å². The van der Waals surface area contributed by atoms with E-state index in [9.17, 15) is 0 Å². The molecular formula is C13H20N4S. The van der Waals surface area contributed by atoms with Crippen molar-refractivity contribution >= 4 is 17.6 Å². The molecule has 0 aromatic carbocycles. The molecule has 18 heavy (non-hydrogen) atoms. The van der Waals surface area contributed by atoms with Gasteiger partial charge < -0.3 is 10.2 Å². The minimum absolute atomic E-state index is 0.619. The van der Waals surface area contributed by atoms with Gasteiger partial charge in [0.05, 0.1) is 0 Å². The molecular weight excluding hydrogens is 244 g/mol. The molecule has 2 bridgehead atoms. The number of hydrogen-bond acceptors (Lipinski definition) is 5. The Morgan fingerprint density at radius 2 is 2.00 bits per heavy atom. The van der Waals surface area contributed by atoms with Crippen LogP contribution in [0.25, 0.3) is 0 Å². The third-order valence-electron chi connectivity index (χ3n) is 4.19. The van der Waals surface area contributed by atoms with Crippen molar-refractivity contribution in [3.05, 3.63) is 12.4 Å². The van der Waals surface area contributed by atoms with Crippen LogP contribution in [0.1, 0.15) is 25.7 Å². The van der Waals surface area contributed by atoms with Crippen molar-refractivity contribution in [2.45, 2.75) is 48.8 Å². The normalized spacial score (nSPS) is 30.4. The van der Waals surface area contributed by atoms with Gasteiger partial charge in [0.1, 0.15) is 17.2 Å². The Bertz CT molecular complexity index is 413. The molecule has 2 unspecified atom stereocenters. The number of piperidine rings is 1. The fourth-order valence-electron chi connectivity index (χ4n) is 3.16. The van der Waals surface area contributed by atoms with E-state index in [0.29, 0.717) is 6.04 Å². The molecule has 0 saturated carbocycles. The summed E-state index contributed by atoms with van der Waals surface area (Å²) in [5, 5.41) is 4.73. The van der Waals surface area contributed by atoms with Gasteiger partial charge in [0.15, 0.2) is 0 Å². The highest BCUT2D eigenvalue weighted by molar-refractivity contribution is 7.98. The van der Waals surface area contributed by atoms with E-state index in [0.717, 1.165) is 22.9 Å². The summed E-state index contributed by atoms with van der Waals surface area (Å²) in [5.74, 6) is 1.06. The van der Waals surface area contributed by atoms with Crippen LogP contribution in [0, 0.1) is 0 Å². The topological polar surface area (TPSA) is 41.0 Å². The predicted molar refractivity (Wildman–Crippen MR) is 75.2 cm³/mol. The van der Waals surface area contributed by atoms with Crippen molar-refractivity contribution in [1.82, 2.24) is 15.3 Å². The maximum Gasteiger partial charge on any atom is 0.133 e. The van der Waals surface area contributed by atoms with Crippen LogP contribution in [0.3, 0.4) is 0 Å². The number of rotatable bonds is 3. The molecule has 2 aliphatic rings. The highest BCUT2D eigenvalue weighted by Crippen LogP contribution is 2.31. The molecule has 2 aliphatic heterocycles. The van der Waals surface area contributed by atoms with Crippen LogP contribution < -0.4 is 10.2 Å². The second kappa shape index (κ2) is 5.05. The fourth-order valence-corrected chi connectivity index (χ4v) is 3.54. The van der Waals surface area contributed by atoms with E-state index in [1.54, 1.807) is 18.1 Å². The molecule has 0 aliphatic carbocycles. The largest absolute Gasteiger partial charge is 0.356 e. The van der Waals surface area contributed by atoms with E-state index in [1.807, 2.05) is 0 Å². The molecule has 3 heterocycles. The van der Waals surface area contributed by atoms with Crippen molar-refractivity contribution in [2.75, 3.05) is 18.2 Å². The fraction of sp³-hybridized carbons (Fsp3) is 0.692. The quantitative estimate of drug-likeness (QED) is 0.667. The van der Waals surface area contributed by atoms with Gasteiger partial charge in [-0.25, -0.2) is 9.97 Å². The summed E-state index contributed by atoms with van der Waals surface area (Å²) in [4.78, 5) is 11.0. The van der Waals surface area contributed by atoms with E-state index in [4.69, 9.17) is 0 Å². The van der Waals surface area contributed by atoms with Gasteiger partial charge >= 0.3 is 0 Å². The smallest absolute Gasteiger partial charge is 0.133 e. The van der Waals surface area contributed by atoms with Crippen molar-refractivity contribution < 1.29 is 0 Å². The third-order valence-corrected chi connectivity index (χ3v) is 4.84. The van der Waals surface area contributed by atoms with Gasteiger partial charge in [-0.15, -0.1) is 11.8 Å². The summed E-state index contributed by atoms with van der Waals surface area (Å²) in [6.45, 7) is 0. The molecule has 2 atom stereocenters. The van der Waals surface area contributed by atoms with Crippen molar-refractivity contribution in [3.63, 3.8) is 0 Å². The summed E-state index contributed by atoms with van der Waals surface area (Å²) in [6.07, 6.45) is 8.89. The van der Waals surface area contributed by atoms with Crippen LogP contribution >= 0.6 is 11.8 Å². The molecule has 3 rings (SSSR count). The maximum atomic E-state index is 4.41.